The summed E-state index contributed by atoms with van der Waals surface area (Å²) < 4.78 is 25.5. The number of para-hydroxylation sites is 1. The molecule has 1 unspecified atom stereocenters. The van der Waals surface area contributed by atoms with Crippen LogP contribution in [0, 0.1) is 0 Å². The lowest BCUT2D eigenvalue weighted by atomic mass is 10.1. The second kappa shape index (κ2) is 8.53. The summed E-state index contributed by atoms with van der Waals surface area (Å²) in [6.45, 7) is 2.50. The lowest BCUT2D eigenvalue weighted by molar-refractivity contribution is 0.606. The molecule has 0 aromatic heterocycles. The fourth-order valence-electron chi connectivity index (χ4n) is 2.38. The van der Waals surface area contributed by atoms with Gasteiger partial charge in [-0.25, -0.2) is 8.42 Å². The summed E-state index contributed by atoms with van der Waals surface area (Å²) in [7, 11) is -1.62. The van der Waals surface area contributed by atoms with Crippen LogP contribution < -0.4 is 15.4 Å². The number of nitrogens with zero attached hydrogens (tertiary/aromatic N) is 1. The zero-order chi connectivity index (χ0) is 18.3. The Balaban J connectivity index is 2.02. The topological polar surface area (TPSA) is 82.6 Å². The number of sulfonamides is 1. The van der Waals surface area contributed by atoms with Crippen molar-refractivity contribution in [3.63, 3.8) is 0 Å². The molecule has 0 spiro atoms. The molecule has 134 valence electrons. The number of benzene rings is 2. The zero-order valence-electron chi connectivity index (χ0n) is 14.7. The highest BCUT2D eigenvalue weighted by atomic mass is 32.2. The first-order valence-electron chi connectivity index (χ1n) is 7.97. The molecule has 7 heteroatoms. The van der Waals surface area contributed by atoms with Gasteiger partial charge in [-0.05, 0) is 24.1 Å². The van der Waals surface area contributed by atoms with Crippen LogP contribution >= 0.6 is 0 Å². The molecule has 0 saturated carbocycles. The fourth-order valence-corrected chi connectivity index (χ4v) is 2.98. The minimum absolute atomic E-state index is 0.0942. The highest BCUT2D eigenvalue weighted by molar-refractivity contribution is 7.92. The summed E-state index contributed by atoms with van der Waals surface area (Å²) in [5, 5.41) is 6.54. The highest BCUT2D eigenvalue weighted by Gasteiger charge is 2.10. The first-order chi connectivity index (χ1) is 11.9. The Bertz CT molecular complexity index is 820. The smallest absolute Gasteiger partial charge is 0.229 e. The van der Waals surface area contributed by atoms with Crippen molar-refractivity contribution >= 4 is 21.7 Å². The Kier molecular flexibility index (Phi) is 6.41. The van der Waals surface area contributed by atoms with E-state index in [1.165, 1.54) is 0 Å². The average Bonchev–Trinajstić information content (AvgIpc) is 2.59. The van der Waals surface area contributed by atoms with Crippen molar-refractivity contribution in [1.29, 1.82) is 0 Å². The molecule has 25 heavy (non-hydrogen) atoms. The Hall–Kier alpha value is -2.54. The second-order valence-corrected chi connectivity index (χ2v) is 7.48. The van der Waals surface area contributed by atoms with Crippen LogP contribution in [0.3, 0.4) is 0 Å². The maximum atomic E-state index is 11.5. The van der Waals surface area contributed by atoms with Crippen LogP contribution in [0.15, 0.2) is 59.6 Å². The summed E-state index contributed by atoms with van der Waals surface area (Å²) in [5.41, 5.74) is 2.55. The van der Waals surface area contributed by atoms with Crippen molar-refractivity contribution < 1.29 is 8.42 Å². The number of hydrogen-bond acceptors (Lipinski definition) is 3. The molecule has 6 nitrogen and oxygen atoms in total. The maximum Gasteiger partial charge on any atom is 0.229 e. The van der Waals surface area contributed by atoms with Gasteiger partial charge in [-0.3, -0.25) is 9.71 Å². The van der Waals surface area contributed by atoms with E-state index in [-0.39, 0.29) is 6.04 Å². The summed E-state index contributed by atoms with van der Waals surface area (Å²) >= 11 is 0. The van der Waals surface area contributed by atoms with Crippen molar-refractivity contribution in [2.75, 3.05) is 18.0 Å². The van der Waals surface area contributed by atoms with Crippen LogP contribution in [0.4, 0.5) is 5.69 Å². The third kappa shape index (κ3) is 6.11. The van der Waals surface area contributed by atoms with Crippen LogP contribution in [0.2, 0.25) is 0 Å². The molecule has 0 amide bonds. The van der Waals surface area contributed by atoms with E-state index in [2.05, 4.69) is 39.4 Å². The number of guanidine groups is 1. The van der Waals surface area contributed by atoms with Crippen LogP contribution in [0.5, 0.6) is 0 Å². The lowest BCUT2D eigenvalue weighted by Gasteiger charge is -2.19. The molecule has 0 aliphatic heterocycles. The monoisotopic (exact) mass is 360 g/mol. The number of rotatable bonds is 6. The van der Waals surface area contributed by atoms with Gasteiger partial charge < -0.3 is 10.6 Å². The van der Waals surface area contributed by atoms with E-state index >= 15 is 0 Å². The molecule has 0 heterocycles. The van der Waals surface area contributed by atoms with Crippen molar-refractivity contribution in [2.45, 2.75) is 19.5 Å². The molecule has 0 aliphatic carbocycles. The standard InChI is InChI=1S/C18H24N4O2S/c1-14(15-9-5-4-6-10-15)21-18(19-2)20-13-16-11-7-8-12-17(16)22-25(3,23)24/h4-12,14,22H,13H2,1-3H3,(H2,19,20,21). The van der Waals surface area contributed by atoms with Gasteiger partial charge in [-0.1, -0.05) is 48.5 Å². The molecule has 0 saturated heterocycles. The Morgan fingerprint density at radius 1 is 1.08 bits per heavy atom. The summed E-state index contributed by atoms with van der Waals surface area (Å²) in [4.78, 5) is 4.23. The van der Waals surface area contributed by atoms with E-state index in [9.17, 15) is 8.42 Å². The number of anilines is 1. The van der Waals surface area contributed by atoms with Crippen molar-refractivity contribution in [1.82, 2.24) is 10.6 Å². The molecule has 2 rings (SSSR count). The van der Waals surface area contributed by atoms with Crippen LogP contribution in [0.25, 0.3) is 0 Å². The average molecular weight is 360 g/mol. The summed E-state index contributed by atoms with van der Waals surface area (Å²) in [5.74, 6) is 0.644. The van der Waals surface area contributed by atoms with Gasteiger partial charge >= 0.3 is 0 Å². The van der Waals surface area contributed by atoms with Crippen molar-refractivity contribution in [3.8, 4) is 0 Å². The molecule has 0 bridgehead atoms. The molecule has 0 radical (unpaired) electrons. The summed E-state index contributed by atoms with van der Waals surface area (Å²) in [6, 6.07) is 17.4. The van der Waals surface area contributed by atoms with Gasteiger partial charge in [-0.15, -0.1) is 0 Å². The van der Waals surface area contributed by atoms with Gasteiger partial charge in [0.15, 0.2) is 5.96 Å². The third-order valence-electron chi connectivity index (χ3n) is 3.64. The van der Waals surface area contributed by atoms with E-state index in [0.717, 1.165) is 17.4 Å². The molecule has 1 atom stereocenters. The van der Waals surface area contributed by atoms with Gasteiger partial charge in [0, 0.05) is 13.6 Å². The molecule has 3 N–H and O–H groups in total. The van der Waals surface area contributed by atoms with Crippen LogP contribution in [-0.2, 0) is 16.6 Å². The minimum atomic E-state index is -3.32. The molecule has 0 fully saturated rings. The first-order valence-corrected chi connectivity index (χ1v) is 9.86. The Labute approximate surface area is 149 Å². The lowest BCUT2D eigenvalue weighted by Crippen LogP contribution is -2.38. The van der Waals surface area contributed by atoms with E-state index in [1.807, 2.05) is 30.3 Å². The molecule has 0 aliphatic rings. The van der Waals surface area contributed by atoms with Gasteiger partial charge in [0.1, 0.15) is 0 Å². The van der Waals surface area contributed by atoms with Crippen LogP contribution in [-0.4, -0.2) is 27.7 Å². The second-order valence-electron chi connectivity index (χ2n) is 5.73. The quantitative estimate of drug-likeness (QED) is 0.546. The first kappa shape index (κ1) is 18.8. The number of hydrogen-bond donors (Lipinski definition) is 3. The van der Waals surface area contributed by atoms with Gasteiger partial charge in [0.2, 0.25) is 10.0 Å². The number of aliphatic imine (C=N–C) groups is 1. The van der Waals surface area contributed by atoms with Crippen molar-refractivity contribution in [3.05, 3.63) is 65.7 Å². The largest absolute Gasteiger partial charge is 0.352 e. The number of nitrogens with one attached hydrogen (secondary N) is 3. The minimum Gasteiger partial charge on any atom is -0.352 e. The fraction of sp³-hybridized carbons (Fsp3) is 0.278. The van der Waals surface area contributed by atoms with E-state index in [1.54, 1.807) is 19.2 Å². The Morgan fingerprint density at radius 3 is 2.36 bits per heavy atom. The maximum absolute atomic E-state index is 11.5. The molecule has 2 aromatic rings. The molecule has 2 aromatic carbocycles. The SMILES string of the molecule is CN=C(NCc1ccccc1NS(C)(=O)=O)NC(C)c1ccccc1. The molecular weight excluding hydrogens is 336 g/mol. The van der Waals surface area contributed by atoms with E-state index in [4.69, 9.17) is 0 Å². The van der Waals surface area contributed by atoms with E-state index in [0.29, 0.717) is 18.2 Å². The van der Waals surface area contributed by atoms with Crippen molar-refractivity contribution in [2.24, 2.45) is 4.99 Å². The predicted octanol–water partition coefficient (Wildman–Crippen LogP) is 2.48. The predicted molar refractivity (Wildman–Crippen MR) is 103 cm³/mol. The third-order valence-corrected chi connectivity index (χ3v) is 4.23. The van der Waals surface area contributed by atoms with Gasteiger partial charge in [-0.2, -0.15) is 0 Å². The van der Waals surface area contributed by atoms with Gasteiger partial charge in [0.05, 0.1) is 18.0 Å². The van der Waals surface area contributed by atoms with Gasteiger partial charge in [0.25, 0.3) is 0 Å². The van der Waals surface area contributed by atoms with E-state index < -0.39 is 10.0 Å². The normalized spacial score (nSPS) is 13.2. The zero-order valence-corrected chi connectivity index (χ0v) is 15.5. The Morgan fingerprint density at radius 2 is 1.72 bits per heavy atom. The highest BCUT2D eigenvalue weighted by Crippen LogP contribution is 2.16. The summed E-state index contributed by atoms with van der Waals surface area (Å²) in [6.07, 6.45) is 1.14. The molecular formula is C18H24N4O2S. The van der Waals surface area contributed by atoms with Crippen LogP contribution in [0.1, 0.15) is 24.1 Å².